The number of phenolic OH excluding ortho intramolecular Hbond substituents is 1. The van der Waals surface area contributed by atoms with Crippen LogP contribution in [0.15, 0.2) is 58.3 Å². The van der Waals surface area contributed by atoms with Gasteiger partial charge in [0.15, 0.2) is 0 Å². The first-order chi connectivity index (χ1) is 7.78. The van der Waals surface area contributed by atoms with Crippen molar-refractivity contribution >= 4 is 11.8 Å². The molecule has 2 nitrogen and oxygen atoms in total. The Morgan fingerprint density at radius 1 is 0.875 bits per heavy atom. The van der Waals surface area contributed by atoms with Gasteiger partial charge in [-0.05, 0) is 48.5 Å². The molecule has 2 aromatic rings. The van der Waals surface area contributed by atoms with Gasteiger partial charge in [0.25, 0.3) is 0 Å². The van der Waals surface area contributed by atoms with Crippen molar-refractivity contribution in [1.29, 1.82) is 5.26 Å². The maximum atomic E-state index is 9.15. The molecule has 2 rings (SSSR count). The highest BCUT2D eigenvalue weighted by Gasteiger charge is 1.97. The summed E-state index contributed by atoms with van der Waals surface area (Å²) in [4.78, 5) is 2.13. The van der Waals surface area contributed by atoms with Gasteiger partial charge in [-0.25, -0.2) is 0 Å². The second-order valence-corrected chi connectivity index (χ2v) is 4.38. The van der Waals surface area contributed by atoms with Crippen LogP contribution in [0.1, 0.15) is 5.56 Å². The second-order valence-electron chi connectivity index (χ2n) is 3.23. The number of phenols is 1. The van der Waals surface area contributed by atoms with E-state index >= 15 is 0 Å². The lowest BCUT2D eigenvalue weighted by Gasteiger charge is -2.01. The molecule has 16 heavy (non-hydrogen) atoms. The van der Waals surface area contributed by atoms with E-state index in [0.29, 0.717) is 5.56 Å². The number of hydrogen-bond donors (Lipinski definition) is 1. The Morgan fingerprint density at radius 2 is 1.38 bits per heavy atom. The third-order valence-electron chi connectivity index (χ3n) is 2.06. The van der Waals surface area contributed by atoms with Crippen LogP contribution in [-0.2, 0) is 0 Å². The lowest BCUT2D eigenvalue weighted by Crippen LogP contribution is -1.75. The van der Waals surface area contributed by atoms with Crippen LogP contribution in [-0.4, -0.2) is 5.11 Å². The molecule has 0 aliphatic rings. The van der Waals surface area contributed by atoms with E-state index in [1.54, 1.807) is 36.0 Å². The van der Waals surface area contributed by atoms with Crippen LogP contribution in [0.5, 0.6) is 5.75 Å². The molecule has 0 heterocycles. The van der Waals surface area contributed by atoms with Crippen molar-refractivity contribution in [3.63, 3.8) is 0 Å². The first-order valence-corrected chi connectivity index (χ1v) is 5.56. The van der Waals surface area contributed by atoms with Crippen LogP contribution in [0.3, 0.4) is 0 Å². The monoisotopic (exact) mass is 227 g/mol. The Labute approximate surface area is 98.2 Å². The molecule has 0 atom stereocenters. The van der Waals surface area contributed by atoms with E-state index in [1.807, 2.05) is 24.3 Å². The molecule has 0 unspecified atom stereocenters. The zero-order valence-corrected chi connectivity index (χ0v) is 9.24. The van der Waals surface area contributed by atoms with Gasteiger partial charge in [-0.2, -0.15) is 5.26 Å². The van der Waals surface area contributed by atoms with Crippen LogP contribution >= 0.6 is 11.8 Å². The third kappa shape index (κ3) is 2.56. The molecule has 78 valence electrons. The van der Waals surface area contributed by atoms with Gasteiger partial charge in [0.05, 0.1) is 11.6 Å². The molecule has 1 N–H and O–H groups in total. The van der Waals surface area contributed by atoms with E-state index in [0.717, 1.165) is 9.79 Å². The predicted molar refractivity (Wildman–Crippen MR) is 63.4 cm³/mol. The fourth-order valence-corrected chi connectivity index (χ4v) is 2.06. The molecule has 0 saturated carbocycles. The number of nitriles is 1. The summed E-state index contributed by atoms with van der Waals surface area (Å²) in [6.45, 7) is 0. The van der Waals surface area contributed by atoms with Crippen molar-refractivity contribution in [3.05, 3.63) is 54.1 Å². The van der Waals surface area contributed by atoms with Gasteiger partial charge >= 0.3 is 0 Å². The second kappa shape index (κ2) is 4.73. The van der Waals surface area contributed by atoms with Crippen molar-refractivity contribution in [1.82, 2.24) is 0 Å². The standard InChI is InChI=1S/C13H9NOS/c14-9-10-1-5-12(6-2-10)16-13-7-3-11(15)4-8-13/h1-8,15H. The SMILES string of the molecule is N#Cc1ccc(Sc2ccc(O)cc2)cc1. The lowest BCUT2D eigenvalue weighted by molar-refractivity contribution is 0.475. The first-order valence-electron chi connectivity index (χ1n) is 4.75. The molecule has 0 aliphatic heterocycles. The summed E-state index contributed by atoms with van der Waals surface area (Å²) in [7, 11) is 0. The molecule has 0 radical (unpaired) electrons. The van der Waals surface area contributed by atoms with Crippen LogP contribution in [0.2, 0.25) is 0 Å². The fraction of sp³-hybridized carbons (Fsp3) is 0. The Balaban J connectivity index is 2.15. The molecule has 0 fully saturated rings. The average molecular weight is 227 g/mol. The highest BCUT2D eigenvalue weighted by atomic mass is 32.2. The van der Waals surface area contributed by atoms with Gasteiger partial charge < -0.3 is 5.11 Å². The maximum Gasteiger partial charge on any atom is 0.115 e. The minimum absolute atomic E-state index is 0.268. The van der Waals surface area contributed by atoms with E-state index in [-0.39, 0.29) is 5.75 Å². The molecule has 3 heteroatoms. The summed E-state index contributed by atoms with van der Waals surface area (Å²) < 4.78 is 0. The van der Waals surface area contributed by atoms with Gasteiger partial charge in [0.2, 0.25) is 0 Å². The van der Waals surface area contributed by atoms with Crippen LogP contribution in [0.4, 0.5) is 0 Å². The quantitative estimate of drug-likeness (QED) is 0.855. The van der Waals surface area contributed by atoms with Gasteiger partial charge in [0, 0.05) is 9.79 Å². The molecule has 0 aliphatic carbocycles. The number of nitrogens with zero attached hydrogens (tertiary/aromatic N) is 1. The van der Waals surface area contributed by atoms with Crippen molar-refractivity contribution in [2.24, 2.45) is 0 Å². The third-order valence-corrected chi connectivity index (χ3v) is 3.07. The summed E-state index contributed by atoms with van der Waals surface area (Å²) in [5, 5.41) is 17.8. The smallest absolute Gasteiger partial charge is 0.115 e. The summed E-state index contributed by atoms with van der Waals surface area (Å²) in [5.74, 6) is 0.268. The highest BCUT2D eigenvalue weighted by molar-refractivity contribution is 7.99. The molecule has 0 aromatic heterocycles. The topological polar surface area (TPSA) is 44.0 Å². The molecule has 0 amide bonds. The maximum absolute atomic E-state index is 9.15. The van der Waals surface area contributed by atoms with Crippen molar-refractivity contribution in [2.75, 3.05) is 0 Å². The largest absolute Gasteiger partial charge is 0.508 e. The van der Waals surface area contributed by atoms with Gasteiger partial charge in [-0.3, -0.25) is 0 Å². The average Bonchev–Trinajstić information content (AvgIpc) is 2.33. The van der Waals surface area contributed by atoms with Crippen molar-refractivity contribution in [2.45, 2.75) is 9.79 Å². The fourth-order valence-electron chi connectivity index (χ4n) is 1.25. The summed E-state index contributed by atoms with van der Waals surface area (Å²) in [5.41, 5.74) is 0.662. The molecule has 0 spiro atoms. The number of rotatable bonds is 2. The zero-order valence-electron chi connectivity index (χ0n) is 8.42. The molecule has 0 bridgehead atoms. The molecular weight excluding hydrogens is 218 g/mol. The minimum Gasteiger partial charge on any atom is -0.508 e. The van der Waals surface area contributed by atoms with E-state index in [1.165, 1.54) is 0 Å². The van der Waals surface area contributed by atoms with Crippen molar-refractivity contribution < 1.29 is 5.11 Å². The summed E-state index contributed by atoms with van der Waals surface area (Å²) >= 11 is 1.59. The molecule has 0 saturated heterocycles. The van der Waals surface area contributed by atoms with Crippen molar-refractivity contribution in [3.8, 4) is 11.8 Å². The number of benzene rings is 2. The lowest BCUT2D eigenvalue weighted by atomic mass is 10.2. The number of hydrogen-bond acceptors (Lipinski definition) is 3. The Hall–Kier alpha value is -1.92. The van der Waals surface area contributed by atoms with Crippen LogP contribution in [0.25, 0.3) is 0 Å². The minimum atomic E-state index is 0.268. The Kier molecular flexibility index (Phi) is 3.13. The number of aromatic hydroxyl groups is 1. The summed E-state index contributed by atoms with van der Waals surface area (Å²) in [6.07, 6.45) is 0. The highest BCUT2D eigenvalue weighted by Crippen LogP contribution is 2.28. The van der Waals surface area contributed by atoms with E-state index in [2.05, 4.69) is 6.07 Å². The van der Waals surface area contributed by atoms with Crippen LogP contribution < -0.4 is 0 Å². The van der Waals surface area contributed by atoms with E-state index in [4.69, 9.17) is 10.4 Å². The first kappa shape index (κ1) is 10.6. The van der Waals surface area contributed by atoms with Gasteiger partial charge in [0.1, 0.15) is 5.75 Å². The zero-order chi connectivity index (χ0) is 11.4. The van der Waals surface area contributed by atoms with Crippen LogP contribution in [0, 0.1) is 11.3 Å². The van der Waals surface area contributed by atoms with E-state index < -0.39 is 0 Å². The Bertz CT molecular complexity index is 511. The normalized spacial score (nSPS) is 9.69. The Morgan fingerprint density at radius 3 is 1.88 bits per heavy atom. The predicted octanol–water partition coefficient (Wildman–Crippen LogP) is 3.42. The molecular formula is C13H9NOS. The van der Waals surface area contributed by atoms with E-state index in [9.17, 15) is 0 Å². The van der Waals surface area contributed by atoms with Gasteiger partial charge in [-0.1, -0.05) is 11.8 Å². The van der Waals surface area contributed by atoms with Gasteiger partial charge in [-0.15, -0.1) is 0 Å². The summed E-state index contributed by atoms with van der Waals surface area (Å²) in [6, 6.07) is 16.5. The molecule has 2 aromatic carbocycles.